The highest BCUT2D eigenvalue weighted by Gasteiger charge is 2.24. The lowest BCUT2D eigenvalue weighted by Crippen LogP contribution is -2.31. The van der Waals surface area contributed by atoms with Crippen molar-refractivity contribution in [2.45, 2.75) is 31.7 Å². The highest BCUT2D eigenvalue weighted by molar-refractivity contribution is 7.92. The van der Waals surface area contributed by atoms with Gasteiger partial charge in [-0.05, 0) is 73.9 Å². The molecule has 0 saturated heterocycles. The second-order valence-corrected chi connectivity index (χ2v) is 9.59. The summed E-state index contributed by atoms with van der Waals surface area (Å²) in [6.07, 6.45) is 1.53. The highest BCUT2D eigenvalue weighted by Crippen LogP contribution is 2.24. The quantitative estimate of drug-likeness (QED) is 0.483. The molecule has 5 nitrogen and oxygen atoms in total. The number of benzene rings is 3. The maximum absolute atomic E-state index is 13.1. The number of anilines is 1. The largest absolute Gasteiger partial charge is 0.346 e. The number of aryl methyl sites for hydroxylation is 2. The van der Waals surface area contributed by atoms with Gasteiger partial charge in [0, 0.05) is 5.56 Å². The molecule has 0 aliphatic rings. The van der Waals surface area contributed by atoms with Crippen molar-refractivity contribution in [1.82, 2.24) is 5.32 Å². The summed E-state index contributed by atoms with van der Waals surface area (Å²) >= 11 is 0. The summed E-state index contributed by atoms with van der Waals surface area (Å²) in [7, 11) is -3.75. The molecule has 0 bridgehead atoms. The number of hydrogen-bond acceptors (Lipinski definition) is 3. The van der Waals surface area contributed by atoms with E-state index in [-0.39, 0.29) is 23.4 Å². The molecule has 6 heteroatoms. The number of amides is 1. The molecule has 0 saturated carbocycles. The standard InChI is InChI=1S/C26H28N2O3S/c1-5-17-28(32(30,31)25-9-7-6-8-10-25)24-15-13-22(14-16-24)26(29)27-21(4)23-12-11-19(2)20(3)18-23/h5-16,18,21H,1,17H2,2-4H3,(H,27,29). The van der Waals surface area contributed by atoms with E-state index in [1.165, 1.54) is 21.5 Å². The van der Waals surface area contributed by atoms with Crippen LogP contribution in [0.15, 0.2) is 90.3 Å². The van der Waals surface area contributed by atoms with E-state index < -0.39 is 10.0 Å². The first kappa shape index (κ1) is 23.3. The molecule has 0 aliphatic carbocycles. The normalized spacial score (nSPS) is 12.1. The molecule has 1 N–H and O–H groups in total. The Bertz CT molecular complexity index is 1200. The Hall–Kier alpha value is -3.38. The van der Waals surface area contributed by atoms with Crippen molar-refractivity contribution in [2.24, 2.45) is 0 Å². The van der Waals surface area contributed by atoms with Gasteiger partial charge >= 0.3 is 0 Å². The number of carbonyl (C=O) groups excluding carboxylic acids is 1. The van der Waals surface area contributed by atoms with Crippen LogP contribution >= 0.6 is 0 Å². The Morgan fingerprint density at radius 3 is 2.25 bits per heavy atom. The molecule has 3 aromatic rings. The first-order valence-electron chi connectivity index (χ1n) is 10.4. The van der Waals surface area contributed by atoms with Gasteiger partial charge in [0.25, 0.3) is 15.9 Å². The van der Waals surface area contributed by atoms with E-state index in [4.69, 9.17) is 0 Å². The molecule has 1 amide bonds. The molecular formula is C26H28N2O3S. The van der Waals surface area contributed by atoms with Crippen LogP contribution in [0.1, 0.15) is 40.0 Å². The lowest BCUT2D eigenvalue weighted by Gasteiger charge is -2.23. The molecule has 32 heavy (non-hydrogen) atoms. The van der Waals surface area contributed by atoms with Crippen molar-refractivity contribution in [3.8, 4) is 0 Å². The van der Waals surface area contributed by atoms with Crippen molar-refractivity contribution in [2.75, 3.05) is 10.8 Å². The average molecular weight is 449 g/mol. The monoisotopic (exact) mass is 448 g/mol. The van der Waals surface area contributed by atoms with E-state index in [0.717, 1.165) is 5.56 Å². The summed E-state index contributed by atoms with van der Waals surface area (Å²) < 4.78 is 27.5. The summed E-state index contributed by atoms with van der Waals surface area (Å²) in [5, 5.41) is 3.00. The van der Waals surface area contributed by atoms with Gasteiger partial charge in [0.1, 0.15) is 0 Å². The minimum absolute atomic E-state index is 0.118. The van der Waals surface area contributed by atoms with Crippen LogP contribution in [0.4, 0.5) is 5.69 Å². The minimum atomic E-state index is -3.75. The van der Waals surface area contributed by atoms with Crippen molar-refractivity contribution in [3.05, 3.63) is 108 Å². The van der Waals surface area contributed by atoms with Crippen LogP contribution < -0.4 is 9.62 Å². The Morgan fingerprint density at radius 1 is 1.00 bits per heavy atom. The van der Waals surface area contributed by atoms with Crippen LogP contribution in [-0.4, -0.2) is 20.9 Å². The predicted molar refractivity (Wildman–Crippen MR) is 129 cm³/mol. The average Bonchev–Trinajstić information content (AvgIpc) is 2.79. The second kappa shape index (κ2) is 9.83. The van der Waals surface area contributed by atoms with Gasteiger partial charge in [0.2, 0.25) is 0 Å². The van der Waals surface area contributed by atoms with Gasteiger partial charge in [-0.3, -0.25) is 9.10 Å². The van der Waals surface area contributed by atoms with E-state index >= 15 is 0 Å². The topological polar surface area (TPSA) is 66.5 Å². The van der Waals surface area contributed by atoms with Crippen molar-refractivity contribution < 1.29 is 13.2 Å². The maximum atomic E-state index is 13.1. The summed E-state index contributed by atoms with van der Waals surface area (Å²) in [5.41, 5.74) is 4.34. The van der Waals surface area contributed by atoms with E-state index in [9.17, 15) is 13.2 Å². The maximum Gasteiger partial charge on any atom is 0.264 e. The second-order valence-electron chi connectivity index (χ2n) is 7.72. The van der Waals surface area contributed by atoms with Gasteiger partial charge in [-0.2, -0.15) is 0 Å². The fourth-order valence-corrected chi connectivity index (χ4v) is 4.81. The third-order valence-corrected chi connectivity index (χ3v) is 7.23. The fraction of sp³-hybridized carbons (Fsp3) is 0.192. The Kier molecular flexibility index (Phi) is 7.15. The van der Waals surface area contributed by atoms with Crippen molar-refractivity contribution in [1.29, 1.82) is 0 Å². The molecule has 0 aromatic heterocycles. The lowest BCUT2D eigenvalue weighted by molar-refractivity contribution is 0.0940. The molecule has 0 radical (unpaired) electrons. The summed E-state index contributed by atoms with van der Waals surface area (Å²) in [4.78, 5) is 12.9. The van der Waals surface area contributed by atoms with E-state index in [0.29, 0.717) is 11.3 Å². The summed E-state index contributed by atoms with van der Waals surface area (Å²) in [5.74, 6) is -0.219. The third kappa shape index (κ3) is 5.08. The van der Waals surface area contributed by atoms with E-state index in [1.807, 2.05) is 26.0 Å². The SMILES string of the molecule is C=CCN(c1ccc(C(=O)NC(C)c2ccc(C)c(C)c2)cc1)S(=O)(=O)c1ccccc1. The molecule has 0 fully saturated rings. The zero-order chi connectivity index (χ0) is 23.3. The Labute approximate surface area is 190 Å². The number of nitrogens with one attached hydrogen (secondary N) is 1. The van der Waals surface area contributed by atoms with Crippen LogP contribution in [0, 0.1) is 13.8 Å². The van der Waals surface area contributed by atoms with Crippen molar-refractivity contribution in [3.63, 3.8) is 0 Å². The number of rotatable bonds is 8. The number of hydrogen-bond donors (Lipinski definition) is 1. The molecule has 166 valence electrons. The molecule has 3 rings (SSSR count). The molecule has 3 aromatic carbocycles. The summed E-state index contributed by atoms with van der Waals surface area (Å²) in [6, 6.07) is 20.8. The third-order valence-electron chi connectivity index (χ3n) is 5.42. The first-order valence-corrected chi connectivity index (χ1v) is 11.8. The highest BCUT2D eigenvalue weighted by atomic mass is 32.2. The predicted octanol–water partition coefficient (Wildman–Crippen LogP) is 5.18. The zero-order valence-electron chi connectivity index (χ0n) is 18.6. The Balaban J connectivity index is 1.79. The zero-order valence-corrected chi connectivity index (χ0v) is 19.4. The van der Waals surface area contributed by atoms with Gasteiger partial charge in [-0.15, -0.1) is 6.58 Å². The molecule has 0 heterocycles. The van der Waals surface area contributed by atoms with Gasteiger partial charge in [0.15, 0.2) is 0 Å². The molecular weight excluding hydrogens is 420 g/mol. The Morgan fingerprint density at radius 2 is 1.66 bits per heavy atom. The van der Waals surface area contributed by atoms with Crippen LogP contribution in [-0.2, 0) is 10.0 Å². The summed E-state index contributed by atoms with van der Waals surface area (Å²) in [6.45, 7) is 9.84. The first-order chi connectivity index (χ1) is 15.2. The number of carbonyl (C=O) groups is 1. The molecule has 1 unspecified atom stereocenters. The van der Waals surface area contributed by atoms with Crippen LogP contribution in [0.3, 0.4) is 0 Å². The number of nitrogens with zero attached hydrogens (tertiary/aromatic N) is 1. The van der Waals surface area contributed by atoms with Gasteiger partial charge in [0.05, 0.1) is 23.2 Å². The lowest BCUT2D eigenvalue weighted by atomic mass is 10.0. The minimum Gasteiger partial charge on any atom is -0.346 e. The van der Waals surface area contributed by atoms with Gasteiger partial charge < -0.3 is 5.32 Å². The smallest absolute Gasteiger partial charge is 0.264 e. The van der Waals surface area contributed by atoms with Gasteiger partial charge in [-0.25, -0.2) is 8.42 Å². The van der Waals surface area contributed by atoms with Crippen LogP contribution in [0.2, 0.25) is 0 Å². The molecule has 0 spiro atoms. The van der Waals surface area contributed by atoms with Crippen LogP contribution in [0.25, 0.3) is 0 Å². The van der Waals surface area contributed by atoms with Crippen LogP contribution in [0.5, 0.6) is 0 Å². The van der Waals surface area contributed by atoms with E-state index in [1.54, 1.807) is 54.6 Å². The fourth-order valence-electron chi connectivity index (χ4n) is 3.36. The van der Waals surface area contributed by atoms with E-state index in [2.05, 4.69) is 24.9 Å². The van der Waals surface area contributed by atoms with Gasteiger partial charge in [-0.1, -0.05) is 42.5 Å². The molecule has 0 aliphatic heterocycles. The van der Waals surface area contributed by atoms with Crippen molar-refractivity contribution >= 4 is 21.6 Å². The number of sulfonamides is 1. The molecule has 1 atom stereocenters.